The molecule has 100 valence electrons. The Balaban J connectivity index is 1.82. The van der Waals surface area contributed by atoms with E-state index in [4.69, 9.17) is 10.2 Å². The highest BCUT2D eigenvalue weighted by Gasteiger charge is 2.22. The van der Waals surface area contributed by atoms with Crippen LogP contribution in [0.3, 0.4) is 0 Å². The van der Waals surface area contributed by atoms with E-state index in [1.54, 1.807) is 0 Å². The fourth-order valence-corrected chi connectivity index (χ4v) is 2.67. The number of rotatable bonds is 5. The lowest BCUT2D eigenvalue weighted by atomic mass is 10.2. The molecule has 1 amide bonds. The van der Waals surface area contributed by atoms with E-state index in [0.29, 0.717) is 17.2 Å². The lowest BCUT2D eigenvalue weighted by Gasteiger charge is -2.14. The Hall–Kier alpha value is -1.08. The first-order valence-corrected chi connectivity index (χ1v) is 7.06. The summed E-state index contributed by atoms with van der Waals surface area (Å²) >= 11 is 1.26. The van der Waals surface area contributed by atoms with Gasteiger partial charge in [0.25, 0.3) is 5.22 Å². The van der Waals surface area contributed by atoms with E-state index in [9.17, 15) is 4.79 Å². The lowest BCUT2D eigenvalue weighted by Crippen LogP contribution is -2.37. The first-order valence-electron chi connectivity index (χ1n) is 6.18. The summed E-state index contributed by atoms with van der Waals surface area (Å²) in [5.74, 6) is 0.417. The Morgan fingerprint density at radius 3 is 2.89 bits per heavy atom. The third-order valence-corrected chi connectivity index (χ3v) is 3.91. The number of nitrogens with two attached hydrogens (primary N) is 1. The van der Waals surface area contributed by atoms with Crippen molar-refractivity contribution >= 4 is 17.7 Å². The van der Waals surface area contributed by atoms with Gasteiger partial charge in [-0.3, -0.25) is 4.79 Å². The van der Waals surface area contributed by atoms with Gasteiger partial charge in [-0.1, -0.05) is 24.6 Å². The molecule has 6 nitrogen and oxygen atoms in total. The van der Waals surface area contributed by atoms with Gasteiger partial charge in [0, 0.05) is 6.04 Å². The average molecular weight is 270 g/mol. The van der Waals surface area contributed by atoms with Crippen molar-refractivity contribution in [3.63, 3.8) is 0 Å². The van der Waals surface area contributed by atoms with Crippen molar-refractivity contribution in [2.75, 3.05) is 0 Å². The molecule has 7 heteroatoms. The first kappa shape index (κ1) is 13.4. The number of aromatic nitrogens is 2. The molecular formula is C11H18N4O2S. The molecule has 1 atom stereocenters. The minimum absolute atomic E-state index is 0.0272. The van der Waals surface area contributed by atoms with Crippen LogP contribution in [0, 0.1) is 0 Å². The molecule has 1 aromatic heterocycles. The van der Waals surface area contributed by atoms with Crippen molar-refractivity contribution in [3.8, 4) is 0 Å². The molecule has 0 aromatic carbocycles. The predicted octanol–water partition coefficient (Wildman–Crippen LogP) is 1.07. The minimum atomic E-state index is -0.239. The summed E-state index contributed by atoms with van der Waals surface area (Å²) in [7, 11) is 0. The molecule has 0 radical (unpaired) electrons. The van der Waals surface area contributed by atoms with Crippen LogP contribution >= 0.6 is 11.8 Å². The van der Waals surface area contributed by atoms with Gasteiger partial charge in [0.2, 0.25) is 11.8 Å². The predicted molar refractivity (Wildman–Crippen MR) is 67.9 cm³/mol. The molecule has 0 aliphatic heterocycles. The standard InChI is InChI=1S/C11H18N4O2S/c1-7(10(16)13-8-4-2-3-5-8)18-11-15-14-9(6-12)17-11/h7-8H,2-6,12H2,1H3,(H,13,16). The maximum atomic E-state index is 11.9. The molecule has 1 aliphatic carbocycles. The van der Waals surface area contributed by atoms with Crippen molar-refractivity contribution in [1.29, 1.82) is 0 Å². The van der Waals surface area contributed by atoms with E-state index >= 15 is 0 Å². The van der Waals surface area contributed by atoms with Gasteiger partial charge in [-0.15, -0.1) is 10.2 Å². The van der Waals surface area contributed by atoms with Crippen LogP contribution in [-0.2, 0) is 11.3 Å². The molecule has 1 heterocycles. The number of thioether (sulfide) groups is 1. The maximum absolute atomic E-state index is 11.9. The number of nitrogens with zero attached hydrogens (tertiary/aromatic N) is 2. The molecular weight excluding hydrogens is 252 g/mol. The van der Waals surface area contributed by atoms with Crippen LogP contribution in [0.15, 0.2) is 9.64 Å². The Kier molecular flexibility index (Phi) is 4.60. The monoisotopic (exact) mass is 270 g/mol. The summed E-state index contributed by atoms with van der Waals surface area (Å²) in [6.45, 7) is 2.05. The van der Waals surface area contributed by atoms with Gasteiger partial charge in [-0.25, -0.2) is 0 Å². The molecule has 2 rings (SSSR count). The molecule has 1 aromatic rings. The number of hydrogen-bond acceptors (Lipinski definition) is 6. The van der Waals surface area contributed by atoms with E-state index in [1.807, 2.05) is 6.92 Å². The molecule has 0 saturated heterocycles. The summed E-state index contributed by atoms with van der Waals surface area (Å²) in [5, 5.41) is 10.8. The van der Waals surface area contributed by atoms with E-state index in [0.717, 1.165) is 12.8 Å². The second kappa shape index (κ2) is 6.19. The molecule has 3 N–H and O–H groups in total. The number of carbonyl (C=O) groups is 1. The highest BCUT2D eigenvalue weighted by atomic mass is 32.2. The fourth-order valence-electron chi connectivity index (χ4n) is 1.96. The zero-order valence-electron chi connectivity index (χ0n) is 10.4. The highest BCUT2D eigenvalue weighted by Crippen LogP contribution is 2.23. The molecule has 1 aliphatic rings. The second-order valence-corrected chi connectivity index (χ2v) is 5.71. The van der Waals surface area contributed by atoms with Crippen molar-refractivity contribution in [2.45, 2.75) is 55.7 Å². The summed E-state index contributed by atoms with van der Waals surface area (Å²) in [6, 6.07) is 0.336. The number of carbonyl (C=O) groups excluding carboxylic acids is 1. The van der Waals surface area contributed by atoms with E-state index < -0.39 is 0 Å². The Bertz CT molecular complexity index is 404. The van der Waals surface area contributed by atoms with Crippen LogP contribution in [0.2, 0.25) is 0 Å². The molecule has 0 spiro atoms. The van der Waals surface area contributed by atoms with E-state index in [-0.39, 0.29) is 17.7 Å². The average Bonchev–Trinajstić information content (AvgIpc) is 3.00. The zero-order chi connectivity index (χ0) is 13.0. The van der Waals surface area contributed by atoms with Crippen molar-refractivity contribution in [3.05, 3.63) is 5.89 Å². The normalized spacial score (nSPS) is 17.9. The molecule has 0 bridgehead atoms. The van der Waals surface area contributed by atoms with E-state index in [1.165, 1.54) is 24.6 Å². The van der Waals surface area contributed by atoms with Crippen LogP contribution in [0.4, 0.5) is 0 Å². The van der Waals surface area contributed by atoms with Crippen LogP contribution < -0.4 is 11.1 Å². The first-order chi connectivity index (χ1) is 8.69. The van der Waals surface area contributed by atoms with Gasteiger partial charge in [-0.05, 0) is 19.8 Å². The van der Waals surface area contributed by atoms with Crippen LogP contribution in [0.5, 0.6) is 0 Å². The van der Waals surface area contributed by atoms with E-state index in [2.05, 4.69) is 15.5 Å². The van der Waals surface area contributed by atoms with Crippen LogP contribution in [-0.4, -0.2) is 27.4 Å². The third kappa shape index (κ3) is 3.46. The minimum Gasteiger partial charge on any atom is -0.415 e. The van der Waals surface area contributed by atoms with Gasteiger partial charge < -0.3 is 15.5 Å². The maximum Gasteiger partial charge on any atom is 0.277 e. The van der Waals surface area contributed by atoms with Gasteiger partial charge in [0.15, 0.2) is 0 Å². The summed E-state index contributed by atoms with van der Waals surface area (Å²) in [6.07, 6.45) is 4.58. The van der Waals surface area contributed by atoms with Crippen molar-refractivity contribution in [2.24, 2.45) is 5.73 Å². The largest absolute Gasteiger partial charge is 0.415 e. The van der Waals surface area contributed by atoms with Crippen LogP contribution in [0.1, 0.15) is 38.5 Å². The summed E-state index contributed by atoms with van der Waals surface area (Å²) < 4.78 is 5.26. The Morgan fingerprint density at radius 2 is 2.28 bits per heavy atom. The zero-order valence-corrected chi connectivity index (χ0v) is 11.2. The van der Waals surface area contributed by atoms with Crippen molar-refractivity contribution < 1.29 is 9.21 Å². The van der Waals surface area contributed by atoms with Crippen molar-refractivity contribution in [1.82, 2.24) is 15.5 Å². The third-order valence-electron chi connectivity index (χ3n) is 2.97. The van der Waals surface area contributed by atoms with Crippen LogP contribution in [0.25, 0.3) is 0 Å². The number of nitrogens with one attached hydrogen (secondary N) is 1. The Labute approximate surface area is 110 Å². The Morgan fingerprint density at radius 1 is 1.56 bits per heavy atom. The molecule has 1 fully saturated rings. The molecule has 1 unspecified atom stereocenters. The van der Waals surface area contributed by atoms with Gasteiger partial charge in [0.05, 0.1) is 11.8 Å². The quantitative estimate of drug-likeness (QED) is 0.777. The topological polar surface area (TPSA) is 94.0 Å². The smallest absolute Gasteiger partial charge is 0.277 e. The summed E-state index contributed by atoms with van der Waals surface area (Å²) in [4.78, 5) is 11.9. The van der Waals surface area contributed by atoms with Gasteiger partial charge in [-0.2, -0.15) is 0 Å². The molecule has 1 saturated carbocycles. The summed E-state index contributed by atoms with van der Waals surface area (Å²) in [5.41, 5.74) is 5.38. The number of hydrogen-bond donors (Lipinski definition) is 2. The fraction of sp³-hybridized carbons (Fsp3) is 0.727. The van der Waals surface area contributed by atoms with Gasteiger partial charge in [0.1, 0.15) is 0 Å². The molecule has 18 heavy (non-hydrogen) atoms. The lowest BCUT2D eigenvalue weighted by molar-refractivity contribution is -0.120. The second-order valence-electron chi connectivity index (χ2n) is 4.42. The SMILES string of the molecule is CC(Sc1nnc(CN)o1)C(=O)NC1CCCC1. The number of amides is 1. The van der Waals surface area contributed by atoms with Gasteiger partial charge >= 0.3 is 0 Å². The highest BCUT2D eigenvalue weighted by molar-refractivity contribution is 8.00.